The summed E-state index contributed by atoms with van der Waals surface area (Å²) in [6.45, 7) is 6.36. The average molecular weight is 197 g/mol. The molecule has 0 aromatic carbocycles. The van der Waals surface area contributed by atoms with Crippen molar-refractivity contribution in [1.82, 2.24) is 0 Å². The number of methoxy groups -OCH3 is 1. The number of nitrogens with zero attached hydrogens (tertiary/aromatic N) is 1. The molecule has 14 heavy (non-hydrogen) atoms. The van der Waals surface area contributed by atoms with Crippen LogP contribution in [-0.4, -0.2) is 19.4 Å². The van der Waals surface area contributed by atoms with Crippen LogP contribution < -0.4 is 0 Å². The molecule has 0 aliphatic heterocycles. The summed E-state index contributed by atoms with van der Waals surface area (Å²) in [7, 11) is 1.63. The Bertz CT molecular complexity index is 229. The zero-order valence-corrected chi connectivity index (χ0v) is 9.41. The fourth-order valence-electron chi connectivity index (χ4n) is 0.867. The van der Waals surface area contributed by atoms with Gasteiger partial charge in [0.1, 0.15) is 0 Å². The summed E-state index contributed by atoms with van der Waals surface area (Å²) in [5.74, 6) is 0.769. The van der Waals surface area contributed by atoms with Gasteiger partial charge in [0.15, 0.2) is 5.76 Å². The number of hydrogen-bond acceptors (Lipinski definition) is 3. The molecule has 0 N–H and O–H groups in total. The number of hydrogen-bond donors (Lipinski definition) is 0. The van der Waals surface area contributed by atoms with E-state index >= 15 is 0 Å². The molecule has 0 saturated carbocycles. The standard InChI is InChI=1S/C11H19NO2/c1-5-7-11(8-6-2)14-12-10(3)9-13-4/h5,7-8H,6,9H2,1-4H3/b7-5-,11-8+,12-10+. The van der Waals surface area contributed by atoms with Crippen molar-refractivity contribution in [3.63, 3.8) is 0 Å². The minimum atomic E-state index is 0.495. The molecule has 0 rings (SSSR count). The Labute approximate surface area is 86.1 Å². The SMILES string of the molecule is C/C=C\C(=C/CC)O/N=C(\C)COC. The van der Waals surface area contributed by atoms with Crippen molar-refractivity contribution >= 4 is 5.71 Å². The predicted octanol–water partition coefficient (Wildman–Crippen LogP) is 2.90. The molecule has 0 bridgehead atoms. The Kier molecular flexibility index (Phi) is 7.84. The lowest BCUT2D eigenvalue weighted by Crippen LogP contribution is -2.02. The number of ether oxygens (including phenoxy) is 1. The van der Waals surface area contributed by atoms with Gasteiger partial charge in [-0.2, -0.15) is 0 Å². The van der Waals surface area contributed by atoms with E-state index < -0.39 is 0 Å². The first kappa shape index (κ1) is 12.9. The molecule has 0 aliphatic carbocycles. The summed E-state index contributed by atoms with van der Waals surface area (Å²) in [6, 6.07) is 0. The van der Waals surface area contributed by atoms with Gasteiger partial charge in [0.05, 0.1) is 12.3 Å². The topological polar surface area (TPSA) is 30.8 Å². The fourth-order valence-corrected chi connectivity index (χ4v) is 0.867. The molecule has 0 aliphatic rings. The summed E-state index contributed by atoms with van der Waals surface area (Å²) in [4.78, 5) is 5.22. The molecule has 0 unspecified atom stereocenters. The van der Waals surface area contributed by atoms with E-state index in [4.69, 9.17) is 9.57 Å². The van der Waals surface area contributed by atoms with Gasteiger partial charge in [0.2, 0.25) is 0 Å². The zero-order valence-electron chi connectivity index (χ0n) is 9.41. The van der Waals surface area contributed by atoms with Crippen LogP contribution in [0.5, 0.6) is 0 Å². The molecule has 80 valence electrons. The lowest BCUT2D eigenvalue weighted by molar-refractivity contribution is 0.218. The van der Waals surface area contributed by atoms with Crippen LogP contribution in [0.15, 0.2) is 29.1 Å². The summed E-state index contributed by atoms with van der Waals surface area (Å²) < 4.78 is 4.91. The summed E-state index contributed by atoms with van der Waals surface area (Å²) >= 11 is 0. The summed E-state index contributed by atoms with van der Waals surface area (Å²) in [6.07, 6.45) is 6.71. The Morgan fingerprint density at radius 3 is 2.64 bits per heavy atom. The van der Waals surface area contributed by atoms with Gasteiger partial charge >= 0.3 is 0 Å². The largest absolute Gasteiger partial charge is 0.379 e. The highest BCUT2D eigenvalue weighted by atomic mass is 16.6. The van der Waals surface area contributed by atoms with E-state index in [-0.39, 0.29) is 0 Å². The second-order valence-corrected chi connectivity index (χ2v) is 2.87. The average Bonchev–Trinajstić information content (AvgIpc) is 2.15. The van der Waals surface area contributed by atoms with Crippen molar-refractivity contribution in [2.75, 3.05) is 13.7 Å². The number of rotatable bonds is 6. The monoisotopic (exact) mass is 197 g/mol. The first-order chi connectivity index (χ1) is 6.74. The fraction of sp³-hybridized carbons (Fsp3) is 0.545. The highest BCUT2D eigenvalue weighted by molar-refractivity contribution is 5.82. The third-order valence-electron chi connectivity index (χ3n) is 1.40. The van der Waals surface area contributed by atoms with Crippen LogP contribution >= 0.6 is 0 Å². The number of oxime groups is 1. The smallest absolute Gasteiger partial charge is 0.153 e. The van der Waals surface area contributed by atoms with Gasteiger partial charge < -0.3 is 9.57 Å². The predicted molar refractivity (Wildman–Crippen MR) is 59.3 cm³/mol. The maximum atomic E-state index is 5.22. The Morgan fingerprint density at radius 2 is 2.14 bits per heavy atom. The van der Waals surface area contributed by atoms with E-state index in [1.165, 1.54) is 0 Å². The molecule has 0 radical (unpaired) electrons. The molecular weight excluding hydrogens is 178 g/mol. The van der Waals surface area contributed by atoms with Gasteiger partial charge in [-0.3, -0.25) is 0 Å². The maximum absolute atomic E-state index is 5.22. The Morgan fingerprint density at radius 1 is 1.43 bits per heavy atom. The molecule has 0 aromatic rings. The molecule has 0 amide bonds. The molecule has 0 fully saturated rings. The van der Waals surface area contributed by atoms with E-state index in [9.17, 15) is 0 Å². The van der Waals surface area contributed by atoms with E-state index in [1.54, 1.807) is 7.11 Å². The molecule has 0 atom stereocenters. The second-order valence-electron chi connectivity index (χ2n) is 2.87. The maximum Gasteiger partial charge on any atom is 0.153 e. The lowest BCUT2D eigenvalue weighted by atomic mass is 10.3. The molecule has 0 saturated heterocycles. The zero-order chi connectivity index (χ0) is 10.8. The van der Waals surface area contributed by atoms with Crippen LogP contribution in [0.4, 0.5) is 0 Å². The van der Waals surface area contributed by atoms with Crippen molar-refractivity contribution in [2.24, 2.45) is 5.16 Å². The van der Waals surface area contributed by atoms with Gasteiger partial charge in [-0.1, -0.05) is 18.2 Å². The first-order valence-corrected chi connectivity index (χ1v) is 4.76. The van der Waals surface area contributed by atoms with Crippen LogP contribution in [0, 0.1) is 0 Å². The van der Waals surface area contributed by atoms with Crippen molar-refractivity contribution in [2.45, 2.75) is 27.2 Å². The normalized spacial score (nSPS) is 13.7. The molecule has 0 heterocycles. The van der Waals surface area contributed by atoms with E-state index in [1.807, 2.05) is 32.1 Å². The molecule has 0 spiro atoms. The molecular formula is C11H19NO2. The van der Waals surface area contributed by atoms with Crippen LogP contribution in [0.2, 0.25) is 0 Å². The second kappa shape index (κ2) is 8.51. The Hall–Kier alpha value is -1.09. The minimum absolute atomic E-state index is 0.495. The first-order valence-electron chi connectivity index (χ1n) is 4.76. The van der Waals surface area contributed by atoms with E-state index in [2.05, 4.69) is 12.1 Å². The molecule has 3 nitrogen and oxygen atoms in total. The van der Waals surface area contributed by atoms with Crippen molar-refractivity contribution in [3.05, 3.63) is 24.0 Å². The van der Waals surface area contributed by atoms with Crippen LogP contribution in [0.3, 0.4) is 0 Å². The van der Waals surface area contributed by atoms with Crippen molar-refractivity contribution in [3.8, 4) is 0 Å². The van der Waals surface area contributed by atoms with Gasteiger partial charge in [-0.25, -0.2) is 0 Å². The lowest BCUT2D eigenvalue weighted by Gasteiger charge is -2.01. The van der Waals surface area contributed by atoms with Crippen molar-refractivity contribution < 1.29 is 9.57 Å². The van der Waals surface area contributed by atoms with Gasteiger partial charge in [0, 0.05) is 7.11 Å². The Balaban J connectivity index is 4.18. The summed E-state index contributed by atoms with van der Waals surface area (Å²) in [5, 5.41) is 3.92. The summed E-state index contributed by atoms with van der Waals surface area (Å²) in [5.41, 5.74) is 0.819. The third-order valence-corrected chi connectivity index (χ3v) is 1.40. The van der Waals surface area contributed by atoms with Gasteiger partial charge in [-0.15, -0.1) is 0 Å². The van der Waals surface area contributed by atoms with Gasteiger partial charge in [0.25, 0.3) is 0 Å². The van der Waals surface area contributed by atoms with Gasteiger partial charge in [-0.05, 0) is 32.4 Å². The molecule has 3 heteroatoms. The van der Waals surface area contributed by atoms with Crippen LogP contribution in [0.25, 0.3) is 0 Å². The van der Waals surface area contributed by atoms with E-state index in [0.717, 1.165) is 17.9 Å². The quantitative estimate of drug-likeness (QED) is 0.284. The minimum Gasteiger partial charge on any atom is -0.379 e. The van der Waals surface area contributed by atoms with Crippen LogP contribution in [0.1, 0.15) is 27.2 Å². The highest BCUT2D eigenvalue weighted by Gasteiger charge is 1.93. The third kappa shape index (κ3) is 6.43. The van der Waals surface area contributed by atoms with Crippen LogP contribution in [-0.2, 0) is 9.57 Å². The van der Waals surface area contributed by atoms with E-state index in [0.29, 0.717) is 6.61 Å². The highest BCUT2D eigenvalue weighted by Crippen LogP contribution is 2.02. The van der Waals surface area contributed by atoms with Crippen molar-refractivity contribution in [1.29, 1.82) is 0 Å². The number of allylic oxidation sites excluding steroid dienone is 3. The molecule has 0 aromatic heterocycles.